The first kappa shape index (κ1) is 21.6. The van der Waals surface area contributed by atoms with E-state index in [0.29, 0.717) is 39.4 Å². The average molecular weight is 471 g/mol. The molecule has 9 nitrogen and oxygen atoms in total. The molecule has 0 amide bonds. The highest BCUT2D eigenvalue weighted by molar-refractivity contribution is 6.32. The van der Waals surface area contributed by atoms with Crippen LogP contribution in [0.4, 0.5) is 5.69 Å². The number of aromatic nitrogens is 6. The van der Waals surface area contributed by atoms with Gasteiger partial charge in [0.2, 0.25) is 0 Å². The van der Waals surface area contributed by atoms with Gasteiger partial charge in [0.25, 0.3) is 5.56 Å². The lowest BCUT2D eigenvalue weighted by Gasteiger charge is -2.08. The number of rotatable bonds is 5. The highest BCUT2D eigenvalue weighted by Gasteiger charge is 2.20. The molecule has 0 aliphatic carbocycles. The molecule has 10 heteroatoms. The number of aryl methyl sites for hydroxylation is 1. The molecule has 3 N–H and O–H groups in total. The molecule has 0 atom stereocenters. The second-order valence-electron chi connectivity index (χ2n) is 7.77. The Balaban J connectivity index is 1.60. The SMILES string of the molecule is [C-]#[N+]c1ccccc1Cn1cc(-c2c(-c3ccc4c(=O)[nH]nc(CN)c4c3)cnn2C)c(Cl)n1. The van der Waals surface area contributed by atoms with Gasteiger partial charge >= 0.3 is 0 Å². The molecule has 0 saturated heterocycles. The molecule has 0 saturated carbocycles. The van der Waals surface area contributed by atoms with Crippen molar-refractivity contribution in [2.45, 2.75) is 13.1 Å². The molecular weight excluding hydrogens is 452 g/mol. The van der Waals surface area contributed by atoms with Crippen molar-refractivity contribution in [3.8, 4) is 22.4 Å². The first-order valence-corrected chi connectivity index (χ1v) is 10.8. The standard InChI is InChI=1S/C24H19ClN8O/c1-27-20-6-4-3-5-15(20)12-33-13-19(23(25)31-33)22-18(11-28-32(22)2)14-7-8-16-17(9-14)21(10-26)29-30-24(16)34/h3-9,11,13H,10,12,26H2,2H3,(H,30,34). The topological polar surface area (TPSA) is 112 Å². The lowest BCUT2D eigenvalue weighted by molar-refractivity contribution is 0.689. The number of hydrogen-bond acceptors (Lipinski definition) is 5. The van der Waals surface area contributed by atoms with Crippen LogP contribution >= 0.6 is 11.6 Å². The van der Waals surface area contributed by atoms with Crippen LogP contribution in [-0.4, -0.2) is 29.8 Å². The largest absolute Gasteiger partial charge is 0.325 e. The van der Waals surface area contributed by atoms with E-state index in [9.17, 15) is 4.79 Å². The maximum atomic E-state index is 12.2. The highest BCUT2D eigenvalue weighted by atomic mass is 35.5. The maximum absolute atomic E-state index is 12.2. The number of halogens is 1. The van der Waals surface area contributed by atoms with Crippen LogP contribution in [-0.2, 0) is 20.1 Å². The minimum Gasteiger partial charge on any atom is -0.325 e. The predicted molar refractivity (Wildman–Crippen MR) is 130 cm³/mol. The minimum atomic E-state index is -0.269. The van der Waals surface area contributed by atoms with Crippen molar-refractivity contribution >= 4 is 28.1 Å². The molecule has 0 aliphatic heterocycles. The number of benzene rings is 2. The van der Waals surface area contributed by atoms with E-state index in [2.05, 4.69) is 25.2 Å². The highest BCUT2D eigenvalue weighted by Crippen LogP contribution is 2.36. The van der Waals surface area contributed by atoms with Crippen LogP contribution in [0.25, 0.3) is 38.0 Å². The minimum absolute atomic E-state index is 0.196. The van der Waals surface area contributed by atoms with Gasteiger partial charge in [-0.1, -0.05) is 41.9 Å². The summed E-state index contributed by atoms with van der Waals surface area (Å²) < 4.78 is 3.45. The number of para-hydroxylation sites is 1. The maximum Gasteiger partial charge on any atom is 0.272 e. The number of aromatic amines is 1. The third kappa shape index (κ3) is 3.65. The van der Waals surface area contributed by atoms with Gasteiger partial charge in [-0.3, -0.25) is 14.2 Å². The monoisotopic (exact) mass is 470 g/mol. The Bertz CT molecular complexity index is 1640. The Kier molecular flexibility index (Phi) is 5.45. The molecule has 0 unspecified atom stereocenters. The summed E-state index contributed by atoms with van der Waals surface area (Å²) in [6, 6.07) is 12.9. The molecule has 5 aromatic rings. The molecule has 0 spiro atoms. The van der Waals surface area contributed by atoms with Crippen LogP contribution in [0.1, 0.15) is 11.3 Å². The predicted octanol–water partition coefficient (Wildman–Crippen LogP) is 3.90. The van der Waals surface area contributed by atoms with Gasteiger partial charge < -0.3 is 5.73 Å². The Hall–Kier alpha value is -4.26. The van der Waals surface area contributed by atoms with Crippen molar-refractivity contribution in [3.63, 3.8) is 0 Å². The van der Waals surface area contributed by atoms with Gasteiger partial charge in [-0.25, -0.2) is 9.94 Å². The quantitative estimate of drug-likeness (QED) is 0.378. The third-order valence-electron chi connectivity index (χ3n) is 5.73. The fourth-order valence-electron chi connectivity index (χ4n) is 4.08. The molecule has 0 bridgehead atoms. The number of H-pyrrole nitrogens is 1. The van der Waals surface area contributed by atoms with E-state index < -0.39 is 0 Å². The Morgan fingerprint density at radius 1 is 1.18 bits per heavy atom. The molecule has 5 rings (SSSR count). The van der Waals surface area contributed by atoms with Gasteiger partial charge in [-0.05, 0) is 23.3 Å². The molecule has 0 aliphatic rings. The second kappa shape index (κ2) is 8.59. The van der Waals surface area contributed by atoms with Gasteiger partial charge in [0.1, 0.15) is 0 Å². The molecule has 0 fully saturated rings. The van der Waals surface area contributed by atoms with Crippen molar-refractivity contribution in [2.24, 2.45) is 12.8 Å². The van der Waals surface area contributed by atoms with E-state index in [4.69, 9.17) is 23.9 Å². The van der Waals surface area contributed by atoms with Gasteiger partial charge in [0, 0.05) is 30.7 Å². The van der Waals surface area contributed by atoms with E-state index in [1.54, 1.807) is 27.7 Å². The summed E-state index contributed by atoms with van der Waals surface area (Å²) in [7, 11) is 1.83. The van der Waals surface area contributed by atoms with E-state index in [0.717, 1.165) is 22.4 Å². The zero-order chi connectivity index (χ0) is 23.8. The van der Waals surface area contributed by atoms with Crippen molar-refractivity contribution in [1.29, 1.82) is 0 Å². The molecule has 2 aromatic carbocycles. The molecule has 34 heavy (non-hydrogen) atoms. The van der Waals surface area contributed by atoms with Crippen LogP contribution in [0.2, 0.25) is 5.15 Å². The van der Waals surface area contributed by atoms with E-state index >= 15 is 0 Å². The zero-order valence-corrected chi connectivity index (χ0v) is 18.9. The molecular formula is C24H19ClN8O. The van der Waals surface area contributed by atoms with Crippen LogP contribution < -0.4 is 11.3 Å². The Labute approximate surface area is 199 Å². The fraction of sp³-hybridized carbons (Fsp3) is 0.125. The van der Waals surface area contributed by atoms with Crippen LogP contribution in [0.5, 0.6) is 0 Å². The van der Waals surface area contributed by atoms with Crippen LogP contribution in [0.3, 0.4) is 0 Å². The van der Waals surface area contributed by atoms with E-state index in [1.807, 2.05) is 43.6 Å². The Morgan fingerprint density at radius 3 is 2.79 bits per heavy atom. The number of hydrogen-bond donors (Lipinski definition) is 2. The second-order valence-corrected chi connectivity index (χ2v) is 8.12. The summed E-state index contributed by atoms with van der Waals surface area (Å²) in [5.41, 5.74) is 10.8. The number of nitrogens with zero attached hydrogens (tertiary/aromatic N) is 6. The Morgan fingerprint density at radius 2 is 2.00 bits per heavy atom. The first-order chi connectivity index (χ1) is 16.5. The number of fused-ring (bicyclic) bond motifs is 1. The normalized spacial score (nSPS) is 11.1. The van der Waals surface area contributed by atoms with Gasteiger partial charge in [0.15, 0.2) is 10.8 Å². The van der Waals surface area contributed by atoms with Crippen molar-refractivity contribution in [2.75, 3.05) is 0 Å². The molecule has 168 valence electrons. The summed E-state index contributed by atoms with van der Waals surface area (Å²) in [6.45, 7) is 7.99. The molecule has 3 heterocycles. The fourth-order valence-corrected chi connectivity index (χ4v) is 4.31. The van der Waals surface area contributed by atoms with Crippen molar-refractivity contribution < 1.29 is 0 Å². The number of nitrogens with one attached hydrogen (secondary N) is 1. The molecule has 0 radical (unpaired) electrons. The van der Waals surface area contributed by atoms with Crippen LogP contribution in [0, 0.1) is 6.57 Å². The lowest BCUT2D eigenvalue weighted by atomic mass is 10.00. The van der Waals surface area contributed by atoms with Crippen LogP contribution in [0.15, 0.2) is 59.7 Å². The van der Waals surface area contributed by atoms with E-state index in [-0.39, 0.29) is 12.1 Å². The summed E-state index contributed by atoms with van der Waals surface area (Å²) in [5, 5.41) is 17.0. The lowest BCUT2D eigenvalue weighted by Crippen LogP contribution is -2.13. The smallest absolute Gasteiger partial charge is 0.272 e. The first-order valence-electron chi connectivity index (χ1n) is 10.4. The zero-order valence-electron chi connectivity index (χ0n) is 18.2. The van der Waals surface area contributed by atoms with Gasteiger partial charge in [0.05, 0.1) is 41.7 Å². The summed E-state index contributed by atoms with van der Waals surface area (Å²) in [5.74, 6) is 0. The summed E-state index contributed by atoms with van der Waals surface area (Å²) in [6.07, 6.45) is 3.60. The molecule has 3 aromatic heterocycles. The third-order valence-corrected chi connectivity index (χ3v) is 6.01. The van der Waals surface area contributed by atoms with Gasteiger partial charge in [-0.15, -0.1) is 0 Å². The summed E-state index contributed by atoms with van der Waals surface area (Å²) >= 11 is 6.57. The van der Waals surface area contributed by atoms with Gasteiger partial charge in [-0.2, -0.15) is 15.3 Å². The van der Waals surface area contributed by atoms with E-state index in [1.165, 1.54) is 0 Å². The summed E-state index contributed by atoms with van der Waals surface area (Å²) in [4.78, 5) is 15.8. The average Bonchev–Trinajstić information content (AvgIpc) is 3.40. The van der Waals surface area contributed by atoms with Crippen molar-refractivity contribution in [3.05, 3.63) is 93.0 Å². The van der Waals surface area contributed by atoms with Crippen molar-refractivity contribution in [1.82, 2.24) is 29.8 Å². The number of nitrogens with two attached hydrogens (primary N) is 1.